The van der Waals surface area contributed by atoms with Gasteiger partial charge < -0.3 is 10.4 Å². The van der Waals surface area contributed by atoms with Crippen molar-refractivity contribution >= 4 is 5.91 Å². The Hall–Kier alpha value is -2.27. The van der Waals surface area contributed by atoms with Crippen molar-refractivity contribution in [3.05, 3.63) is 53.9 Å². The fourth-order valence-electron chi connectivity index (χ4n) is 1.99. The standard InChI is InChI=1S/C16H17FN2O2/c1-18-16(21)14-7-6-13(10-19-14)11-2-4-12(5-3-11)15(20)8-9-17/h2-7,10,15,20H,8-9H2,1H3,(H,18,21)/t15-/m0/s1. The number of amides is 1. The van der Waals surface area contributed by atoms with Gasteiger partial charge in [0.2, 0.25) is 0 Å². The van der Waals surface area contributed by atoms with Crippen molar-refractivity contribution in [2.24, 2.45) is 0 Å². The molecule has 5 heteroatoms. The molecule has 2 N–H and O–H groups in total. The minimum Gasteiger partial charge on any atom is -0.388 e. The molecule has 1 aromatic carbocycles. The number of aliphatic hydroxyl groups is 1. The Labute approximate surface area is 122 Å². The van der Waals surface area contributed by atoms with Gasteiger partial charge in [0, 0.05) is 25.2 Å². The van der Waals surface area contributed by atoms with Crippen molar-refractivity contribution in [2.75, 3.05) is 13.7 Å². The first-order chi connectivity index (χ1) is 10.2. The normalized spacial score (nSPS) is 12.0. The Bertz CT molecular complexity index is 597. The Kier molecular flexibility index (Phi) is 5.00. The molecule has 1 heterocycles. The van der Waals surface area contributed by atoms with Crippen LogP contribution in [0, 0.1) is 0 Å². The van der Waals surface area contributed by atoms with Gasteiger partial charge in [0.25, 0.3) is 5.91 Å². The largest absolute Gasteiger partial charge is 0.388 e. The number of nitrogens with zero attached hydrogens (tertiary/aromatic N) is 1. The number of carbonyl (C=O) groups excluding carboxylic acids is 1. The van der Waals surface area contributed by atoms with Crippen molar-refractivity contribution in [2.45, 2.75) is 12.5 Å². The van der Waals surface area contributed by atoms with Gasteiger partial charge in [-0.25, -0.2) is 0 Å². The van der Waals surface area contributed by atoms with Crippen molar-refractivity contribution in [3.63, 3.8) is 0 Å². The summed E-state index contributed by atoms with van der Waals surface area (Å²) in [5.41, 5.74) is 2.83. The number of aliphatic hydroxyl groups excluding tert-OH is 1. The van der Waals surface area contributed by atoms with E-state index < -0.39 is 12.8 Å². The maximum absolute atomic E-state index is 12.2. The van der Waals surface area contributed by atoms with Gasteiger partial charge in [-0.3, -0.25) is 14.2 Å². The van der Waals surface area contributed by atoms with Crippen LogP contribution in [0.15, 0.2) is 42.6 Å². The maximum Gasteiger partial charge on any atom is 0.269 e. The van der Waals surface area contributed by atoms with Crippen LogP contribution in [0.2, 0.25) is 0 Å². The lowest BCUT2D eigenvalue weighted by atomic mass is 10.0. The van der Waals surface area contributed by atoms with Gasteiger partial charge in [0.05, 0.1) is 12.8 Å². The van der Waals surface area contributed by atoms with E-state index in [0.717, 1.165) is 11.1 Å². The monoisotopic (exact) mass is 288 g/mol. The fraction of sp³-hybridized carbons (Fsp3) is 0.250. The average molecular weight is 288 g/mol. The van der Waals surface area contributed by atoms with Crippen LogP contribution in [0.5, 0.6) is 0 Å². The first-order valence-electron chi connectivity index (χ1n) is 6.68. The zero-order valence-corrected chi connectivity index (χ0v) is 11.7. The van der Waals surface area contributed by atoms with Gasteiger partial charge in [-0.1, -0.05) is 30.3 Å². The Morgan fingerprint density at radius 3 is 2.43 bits per heavy atom. The van der Waals surface area contributed by atoms with Crippen LogP contribution in [0.3, 0.4) is 0 Å². The van der Waals surface area contributed by atoms with E-state index in [1.807, 2.05) is 18.2 Å². The molecule has 0 aliphatic rings. The van der Waals surface area contributed by atoms with Crippen LogP contribution in [0.1, 0.15) is 28.6 Å². The summed E-state index contributed by atoms with van der Waals surface area (Å²) in [6, 6.07) is 10.7. The van der Waals surface area contributed by atoms with Gasteiger partial charge in [-0.15, -0.1) is 0 Å². The van der Waals surface area contributed by atoms with Gasteiger partial charge in [0.15, 0.2) is 0 Å². The number of benzene rings is 1. The third kappa shape index (κ3) is 3.64. The van der Waals surface area contributed by atoms with Crippen molar-refractivity contribution < 1.29 is 14.3 Å². The molecule has 0 aliphatic heterocycles. The molecule has 110 valence electrons. The van der Waals surface area contributed by atoms with Crippen molar-refractivity contribution in [3.8, 4) is 11.1 Å². The number of rotatable bonds is 5. The van der Waals surface area contributed by atoms with Gasteiger partial charge in [-0.05, 0) is 17.2 Å². The topological polar surface area (TPSA) is 62.2 Å². The molecule has 0 saturated heterocycles. The molecular formula is C16H17FN2O2. The molecule has 1 atom stereocenters. The number of hydrogen-bond acceptors (Lipinski definition) is 3. The molecule has 0 aliphatic carbocycles. The first kappa shape index (κ1) is 15.1. The highest BCUT2D eigenvalue weighted by molar-refractivity contribution is 5.92. The third-order valence-electron chi connectivity index (χ3n) is 3.23. The molecule has 1 amide bonds. The summed E-state index contributed by atoms with van der Waals surface area (Å²) in [5, 5.41) is 12.2. The van der Waals surface area contributed by atoms with Crippen molar-refractivity contribution in [1.29, 1.82) is 0 Å². The smallest absolute Gasteiger partial charge is 0.269 e. The summed E-state index contributed by atoms with van der Waals surface area (Å²) in [6.07, 6.45) is 0.942. The molecule has 0 spiro atoms. The molecular weight excluding hydrogens is 271 g/mol. The van der Waals surface area contributed by atoms with Gasteiger partial charge in [0.1, 0.15) is 5.69 Å². The molecule has 0 radical (unpaired) electrons. The number of pyridine rings is 1. The summed E-state index contributed by atoms with van der Waals surface area (Å²) >= 11 is 0. The van der Waals surface area contributed by atoms with E-state index in [-0.39, 0.29) is 12.3 Å². The minimum absolute atomic E-state index is 0.0989. The molecule has 0 fully saturated rings. The molecule has 2 rings (SSSR count). The molecule has 0 saturated carbocycles. The average Bonchev–Trinajstić information content (AvgIpc) is 2.54. The lowest BCUT2D eigenvalue weighted by molar-refractivity contribution is 0.0958. The van der Waals surface area contributed by atoms with Crippen LogP contribution in [-0.2, 0) is 0 Å². The van der Waals surface area contributed by atoms with E-state index in [0.29, 0.717) is 11.3 Å². The lowest BCUT2D eigenvalue weighted by Gasteiger charge is -2.09. The minimum atomic E-state index is -0.780. The van der Waals surface area contributed by atoms with Gasteiger partial charge >= 0.3 is 0 Å². The second kappa shape index (κ2) is 6.95. The zero-order chi connectivity index (χ0) is 15.2. The van der Waals surface area contributed by atoms with E-state index in [1.165, 1.54) is 0 Å². The number of aromatic nitrogens is 1. The summed E-state index contributed by atoms with van der Waals surface area (Å²) in [7, 11) is 1.55. The van der Waals surface area contributed by atoms with Crippen molar-refractivity contribution in [1.82, 2.24) is 10.3 Å². The number of carbonyl (C=O) groups is 1. The van der Waals surface area contributed by atoms with Crippen LogP contribution >= 0.6 is 0 Å². The molecule has 4 nitrogen and oxygen atoms in total. The Morgan fingerprint density at radius 1 is 1.24 bits per heavy atom. The van der Waals surface area contributed by atoms with Gasteiger partial charge in [-0.2, -0.15) is 0 Å². The van der Waals surface area contributed by atoms with E-state index in [9.17, 15) is 14.3 Å². The highest BCUT2D eigenvalue weighted by atomic mass is 19.1. The Balaban J connectivity index is 2.17. The molecule has 0 bridgehead atoms. The van der Waals surface area contributed by atoms with Crippen LogP contribution in [0.4, 0.5) is 4.39 Å². The SMILES string of the molecule is CNC(=O)c1ccc(-c2ccc([C@@H](O)CCF)cc2)cn1. The summed E-state index contributed by atoms with van der Waals surface area (Å²) in [6.45, 7) is -0.548. The van der Waals surface area contributed by atoms with E-state index >= 15 is 0 Å². The second-order valence-electron chi connectivity index (χ2n) is 4.63. The Morgan fingerprint density at radius 2 is 1.90 bits per heavy atom. The quantitative estimate of drug-likeness (QED) is 0.888. The number of hydrogen-bond donors (Lipinski definition) is 2. The molecule has 0 unspecified atom stereocenters. The number of halogens is 1. The van der Waals surface area contributed by atoms with Crippen LogP contribution in [0.25, 0.3) is 11.1 Å². The van der Waals surface area contributed by atoms with E-state index in [2.05, 4.69) is 10.3 Å². The third-order valence-corrected chi connectivity index (χ3v) is 3.23. The summed E-state index contributed by atoms with van der Waals surface area (Å²) < 4.78 is 12.2. The zero-order valence-electron chi connectivity index (χ0n) is 11.7. The first-order valence-corrected chi connectivity index (χ1v) is 6.68. The molecule has 2 aromatic rings. The summed E-state index contributed by atoms with van der Waals surface area (Å²) in [5.74, 6) is -0.230. The molecule has 1 aromatic heterocycles. The maximum atomic E-state index is 12.2. The van der Waals surface area contributed by atoms with Crippen LogP contribution < -0.4 is 5.32 Å². The highest BCUT2D eigenvalue weighted by Gasteiger charge is 2.08. The second-order valence-corrected chi connectivity index (χ2v) is 4.63. The highest BCUT2D eigenvalue weighted by Crippen LogP contribution is 2.23. The number of alkyl halides is 1. The fourth-order valence-corrected chi connectivity index (χ4v) is 1.99. The summed E-state index contributed by atoms with van der Waals surface area (Å²) in [4.78, 5) is 15.5. The predicted molar refractivity (Wildman–Crippen MR) is 78.6 cm³/mol. The predicted octanol–water partition coefficient (Wildman–Crippen LogP) is 2.50. The number of nitrogens with one attached hydrogen (secondary N) is 1. The molecule has 21 heavy (non-hydrogen) atoms. The van der Waals surface area contributed by atoms with E-state index in [1.54, 1.807) is 31.4 Å². The van der Waals surface area contributed by atoms with E-state index in [4.69, 9.17) is 0 Å². The van der Waals surface area contributed by atoms with Crippen LogP contribution in [-0.4, -0.2) is 29.7 Å². The lowest BCUT2D eigenvalue weighted by Crippen LogP contribution is -2.18.